The number of urea groups is 1. The molecular weight excluding hydrogens is 418 g/mol. The minimum absolute atomic E-state index is 0.0756. The zero-order valence-electron chi connectivity index (χ0n) is 19.1. The van der Waals surface area contributed by atoms with Crippen LogP contribution < -0.4 is 10.1 Å². The van der Waals surface area contributed by atoms with Gasteiger partial charge in [0.2, 0.25) is 0 Å². The number of carbonyl (C=O) groups is 3. The van der Waals surface area contributed by atoms with E-state index < -0.39 is 24.1 Å². The number of benzene rings is 2. The molecule has 0 aromatic heterocycles. The molecule has 7 heteroatoms. The Labute approximate surface area is 193 Å². The highest BCUT2D eigenvalue weighted by Crippen LogP contribution is 2.46. The molecule has 1 saturated carbocycles. The van der Waals surface area contributed by atoms with Crippen molar-refractivity contribution < 1.29 is 19.1 Å². The van der Waals surface area contributed by atoms with Gasteiger partial charge in [-0.05, 0) is 66.0 Å². The van der Waals surface area contributed by atoms with E-state index in [1.807, 2.05) is 12.1 Å². The van der Waals surface area contributed by atoms with Crippen LogP contribution in [0.15, 0.2) is 48.5 Å². The van der Waals surface area contributed by atoms with Crippen LogP contribution in [0.4, 0.5) is 4.79 Å². The van der Waals surface area contributed by atoms with Crippen molar-refractivity contribution in [2.24, 2.45) is 11.3 Å². The first-order chi connectivity index (χ1) is 15.6. The van der Waals surface area contributed by atoms with Crippen molar-refractivity contribution >= 4 is 17.9 Å². The van der Waals surface area contributed by atoms with Crippen LogP contribution in [-0.4, -0.2) is 34.9 Å². The summed E-state index contributed by atoms with van der Waals surface area (Å²) in [7, 11) is 0. The van der Waals surface area contributed by atoms with Gasteiger partial charge in [0.25, 0.3) is 5.91 Å². The predicted octanol–water partition coefficient (Wildman–Crippen LogP) is 4.27. The van der Waals surface area contributed by atoms with Crippen molar-refractivity contribution in [2.45, 2.75) is 45.6 Å². The number of rotatable bonds is 4. The van der Waals surface area contributed by atoms with Gasteiger partial charge in [-0.1, -0.05) is 45.0 Å². The van der Waals surface area contributed by atoms with Gasteiger partial charge in [-0.3, -0.25) is 9.69 Å². The number of nitriles is 1. The minimum Gasteiger partial charge on any atom is -0.425 e. The zero-order chi connectivity index (χ0) is 23.8. The van der Waals surface area contributed by atoms with Gasteiger partial charge in [-0.15, -0.1) is 0 Å². The molecule has 170 valence electrons. The molecule has 33 heavy (non-hydrogen) atoms. The van der Waals surface area contributed by atoms with Gasteiger partial charge in [-0.2, -0.15) is 5.26 Å². The lowest BCUT2D eigenvalue weighted by Gasteiger charge is -2.43. The smallest absolute Gasteiger partial charge is 0.331 e. The summed E-state index contributed by atoms with van der Waals surface area (Å²) in [6, 6.07) is 15.6. The number of carbonyl (C=O) groups excluding carboxylic acids is 3. The Morgan fingerprint density at radius 3 is 2.27 bits per heavy atom. The Balaban J connectivity index is 1.41. The fourth-order valence-electron chi connectivity index (χ4n) is 5.40. The minimum atomic E-state index is -0.943. The molecule has 7 nitrogen and oxygen atoms in total. The normalized spacial score (nSPS) is 23.8. The summed E-state index contributed by atoms with van der Waals surface area (Å²) < 4.78 is 5.38. The maximum absolute atomic E-state index is 13.2. The Morgan fingerprint density at radius 2 is 1.70 bits per heavy atom. The fraction of sp³-hybridized carbons (Fsp3) is 0.385. The molecule has 2 aliphatic rings. The third-order valence-electron chi connectivity index (χ3n) is 6.34. The van der Waals surface area contributed by atoms with E-state index in [0.717, 1.165) is 22.4 Å². The van der Waals surface area contributed by atoms with Crippen molar-refractivity contribution in [1.82, 2.24) is 10.2 Å². The van der Waals surface area contributed by atoms with Gasteiger partial charge in [-0.25, -0.2) is 9.59 Å². The highest BCUT2D eigenvalue weighted by Gasteiger charge is 2.56. The Hall–Kier alpha value is -3.66. The molecule has 0 radical (unpaired) electrons. The lowest BCUT2D eigenvalue weighted by Crippen LogP contribution is -2.54. The summed E-state index contributed by atoms with van der Waals surface area (Å²) in [6.45, 7) is 5.85. The van der Waals surface area contributed by atoms with Gasteiger partial charge in [0.05, 0.1) is 11.6 Å². The van der Waals surface area contributed by atoms with E-state index in [2.05, 4.69) is 32.2 Å². The first-order valence-corrected chi connectivity index (χ1v) is 11.1. The van der Waals surface area contributed by atoms with Crippen LogP contribution in [0.5, 0.6) is 5.75 Å². The monoisotopic (exact) mass is 445 g/mol. The van der Waals surface area contributed by atoms with E-state index in [1.54, 1.807) is 36.4 Å². The second-order valence-corrected chi connectivity index (χ2v) is 9.95. The number of imide groups is 1. The molecular formula is C26H27N3O4. The number of hydrogen-bond donors (Lipinski definition) is 1. The third-order valence-corrected chi connectivity index (χ3v) is 6.34. The summed E-state index contributed by atoms with van der Waals surface area (Å²) in [4.78, 5) is 39.2. The molecule has 0 unspecified atom stereocenters. The van der Waals surface area contributed by atoms with Crippen molar-refractivity contribution in [2.75, 3.05) is 6.54 Å². The number of hydrogen-bond acceptors (Lipinski definition) is 5. The Morgan fingerprint density at radius 1 is 1.09 bits per heavy atom. The van der Waals surface area contributed by atoms with E-state index in [9.17, 15) is 14.4 Å². The summed E-state index contributed by atoms with van der Waals surface area (Å²) in [5, 5.41) is 11.8. The molecule has 1 aliphatic carbocycles. The van der Waals surface area contributed by atoms with E-state index in [0.29, 0.717) is 30.1 Å². The van der Waals surface area contributed by atoms with Gasteiger partial charge in [0, 0.05) is 0 Å². The van der Waals surface area contributed by atoms with Crippen molar-refractivity contribution in [3.63, 3.8) is 0 Å². The summed E-state index contributed by atoms with van der Waals surface area (Å²) >= 11 is 0. The van der Waals surface area contributed by atoms with Gasteiger partial charge in [0.15, 0.2) is 0 Å². The SMILES string of the molecule is C[C@H]1CC(C)(C)C[C@@]2(C1)NC(=O)N(CC(=O)Oc1ccc(-c3ccc(C#N)cc3)cc1)C2=O. The lowest BCUT2D eigenvalue weighted by atomic mass is 9.64. The highest BCUT2D eigenvalue weighted by atomic mass is 16.5. The number of nitrogens with one attached hydrogen (secondary N) is 1. The number of esters is 1. The van der Waals surface area contributed by atoms with Crippen LogP contribution in [0.3, 0.4) is 0 Å². The Kier molecular flexibility index (Phi) is 5.71. The number of ether oxygens (including phenoxy) is 1. The number of amides is 3. The van der Waals surface area contributed by atoms with Crippen LogP contribution in [-0.2, 0) is 9.59 Å². The standard InChI is InChI=1S/C26H27N3O4/c1-17-12-25(2,3)16-26(13-17)23(31)29(24(32)28-26)15-22(30)33-21-10-8-20(9-11-21)19-6-4-18(14-27)5-7-19/h4-11,17H,12-13,15-16H2,1-3H3,(H,28,32)/t17-,26+/m0/s1. The van der Waals surface area contributed by atoms with Crippen molar-refractivity contribution in [1.29, 1.82) is 5.26 Å². The molecule has 1 spiro atoms. The van der Waals surface area contributed by atoms with Gasteiger partial charge >= 0.3 is 12.0 Å². The maximum Gasteiger partial charge on any atom is 0.331 e. The quantitative estimate of drug-likeness (QED) is 0.430. The van der Waals surface area contributed by atoms with Crippen LogP contribution in [0.1, 0.15) is 45.6 Å². The van der Waals surface area contributed by atoms with Crippen LogP contribution in [0.2, 0.25) is 0 Å². The zero-order valence-corrected chi connectivity index (χ0v) is 19.1. The van der Waals surface area contributed by atoms with E-state index in [4.69, 9.17) is 10.00 Å². The van der Waals surface area contributed by atoms with Gasteiger partial charge < -0.3 is 10.1 Å². The second kappa shape index (κ2) is 8.36. The molecule has 2 aromatic rings. The molecule has 1 N–H and O–H groups in total. The van der Waals surface area contributed by atoms with Gasteiger partial charge in [0.1, 0.15) is 17.8 Å². The van der Waals surface area contributed by atoms with Crippen molar-refractivity contribution in [3.8, 4) is 22.9 Å². The summed E-state index contributed by atoms with van der Waals surface area (Å²) in [5.74, 6) is -0.406. The topological polar surface area (TPSA) is 99.5 Å². The molecule has 2 aromatic carbocycles. The third kappa shape index (κ3) is 4.61. The molecule has 1 saturated heterocycles. The molecule has 1 aliphatic heterocycles. The summed E-state index contributed by atoms with van der Waals surface area (Å²) in [5.41, 5.74) is 1.40. The van der Waals surface area contributed by atoms with E-state index in [-0.39, 0.29) is 11.3 Å². The molecule has 2 atom stereocenters. The second-order valence-electron chi connectivity index (χ2n) is 9.95. The van der Waals surface area contributed by atoms with Crippen LogP contribution in [0.25, 0.3) is 11.1 Å². The van der Waals surface area contributed by atoms with Crippen molar-refractivity contribution in [3.05, 3.63) is 54.1 Å². The largest absolute Gasteiger partial charge is 0.425 e. The molecule has 1 heterocycles. The molecule has 2 fully saturated rings. The van der Waals surface area contributed by atoms with E-state index in [1.165, 1.54) is 0 Å². The van der Waals surface area contributed by atoms with Crippen LogP contribution >= 0.6 is 0 Å². The lowest BCUT2D eigenvalue weighted by molar-refractivity contribution is -0.142. The maximum atomic E-state index is 13.2. The fourth-order valence-corrected chi connectivity index (χ4v) is 5.40. The van der Waals surface area contributed by atoms with Crippen LogP contribution in [0, 0.1) is 22.7 Å². The predicted molar refractivity (Wildman–Crippen MR) is 122 cm³/mol. The average molecular weight is 446 g/mol. The Bertz CT molecular complexity index is 1130. The first-order valence-electron chi connectivity index (χ1n) is 11.1. The first kappa shape index (κ1) is 22.5. The molecule has 3 amide bonds. The average Bonchev–Trinajstić information content (AvgIpc) is 2.96. The van der Waals surface area contributed by atoms with E-state index >= 15 is 0 Å². The molecule has 4 rings (SSSR count). The summed E-state index contributed by atoms with van der Waals surface area (Å²) in [6.07, 6.45) is 2.11. The highest BCUT2D eigenvalue weighted by molar-refractivity contribution is 6.08. The number of nitrogens with zero attached hydrogens (tertiary/aromatic N) is 2. The molecule has 0 bridgehead atoms.